The van der Waals surface area contributed by atoms with Gasteiger partial charge in [-0.15, -0.1) is 0 Å². The molecule has 0 atom stereocenters. The molecule has 0 saturated heterocycles. The van der Waals surface area contributed by atoms with Crippen LogP contribution in [0.5, 0.6) is 0 Å². The van der Waals surface area contributed by atoms with Crippen LogP contribution in [0.25, 0.3) is 0 Å². The van der Waals surface area contributed by atoms with E-state index in [1.807, 2.05) is 6.92 Å². The van der Waals surface area contributed by atoms with Crippen LogP contribution in [0.4, 0.5) is 0 Å². The first-order chi connectivity index (χ1) is 12.4. The minimum absolute atomic E-state index is 0.111. The van der Waals surface area contributed by atoms with E-state index >= 15 is 0 Å². The van der Waals surface area contributed by atoms with Crippen LogP contribution >= 0.6 is 0 Å². The highest BCUT2D eigenvalue weighted by atomic mass is 32.2. The molecule has 146 valence electrons. The molecular weight excluding hydrogens is 352 g/mol. The average molecular weight is 383 g/mol. The summed E-state index contributed by atoms with van der Waals surface area (Å²) in [5.41, 5.74) is 1.23. The number of benzene rings is 1. The Morgan fingerprint density at radius 1 is 1.27 bits per heavy atom. The highest BCUT2D eigenvalue weighted by molar-refractivity contribution is 7.89. The number of primary sulfonamides is 1. The molecule has 1 aromatic carbocycles. The summed E-state index contributed by atoms with van der Waals surface area (Å²) in [6.45, 7) is 4.94. The van der Waals surface area contributed by atoms with E-state index in [0.717, 1.165) is 37.6 Å². The molecule has 0 unspecified atom stereocenters. The zero-order valence-corrected chi connectivity index (χ0v) is 16.4. The monoisotopic (exact) mass is 382 g/mol. The molecule has 1 aliphatic rings. The summed E-state index contributed by atoms with van der Waals surface area (Å²) in [5.74, 6) is 0.770. The average Bonchev–Trinajstić information content (AvgIpc) is 2.58. The summed E-state index contributed by atoms with van der Waals surface area (Å²) in [7, 11) is -1.92. The molecule has 8 heteroatoms. The number of methoxy groups -OCH3 is 1. The standard InChI is InChI=1S/C18H30N4O3S/c1-3-20-17(22-14-18(9-4-10-18)11-12-25-2)21-13-15-5-7-16(8-6-15)26(19,23)24/h5-8H,3-4,9-14H2,1-2H3,(H2,19,23,24)(H2,20,21,22). The predicted molar refractivity (Wildman–Crippen MR) is 103 cm³/mol. The molecule has 1 fully saturated rings. The van der Waals surface area contributed by atoms with Gasteiger partial charge >= 0.3 is 0 Å². The SMILES string of the molecule is CCNC(=NCc1ccc(S(N)(=O)=O)cc1)NCC1(CCOC)CCC1. The molecular formula is C18H30N4O3S. The van der Waals surface area contributed by atoms with Crippen molar-refractivity contribution in [1.29, 1.82) is 0 Å². The number of nitrogens with zero attached hydrogens (tertiary/aromatic N) is 1. The first-order valence-electron chi connectivity index (χ1n) is 9.01. The van der Waals surface area contributed by atoms with Crippen molar-refractivity contribution in [3.8, 4) is 0 Å². The molecule has 26 heavy (non-hydrogen) atoms. The van der Waals surface area contributed by atoms with Crippen LogP contribution in [0.1, 0.15) is 38.2 Å². The number of guanidine groups is 1. The molecule has 0 amide bonds. The first-order valence-corrected chi connectivity index (χ1v) is 10.6. The zero-order valence-electron chi connectivity index (χ0n) is 15.6. The fraction of sp³-hybridized carbons (Fsp3) is 0.611. The van der Waals surface area contributed by atoms with Crippen molar-refractivity contribution >= 4 is 16.0 Å². The van der Waals surface area contributed by atoms with Crippen molar-refractivity contribution < 1.29 is 13.2 Å². The summed E-state index contributed by atoms with van der Waals surface area (Å²) in [5, 5.41) is 11.8. The summed E-state index contributed by atoms with van der Waals surface area (Å²) >= 11 is 0. The molecule has 1 aromatic rings. The maximum Gasteiger partial charge on any atom is 0.238 e. The third-order valence-electron chi connectivity index (χ3n) is 4.90. The third kappa shape index (κ3) is 5.96. The Morgan fingerprint density at radius 3 is 2.46 bits per heavy atom. The number of nitrogens with one attached hydrogen (secondary N) is 2. The smallest absolute Gasteiger partial charge is 0.238 e. The molecule has 1 saturated carbocycles. The zero-order chi connectivity index (χ0) is 19.0. The normalized spacial score (nSPS) is 16.8. The van der Waals surface area contributed by atoms with E-state index in [1.165, 1.54) is 31.4 Å². The molecule has 0 spiro atoms. The largest absolute Gasteiger partial charge is 0.385 e. The van der Waals surface area contributed by atoms with Crippen LogP contribution < -0.4 is 15.8 Å². The van der Waals surface area contributed by atoms with Crippen LogP contribution in [0, 0.1) is 5.41 Å². The van der Waals surface area contributed by atoms with Gasteiger partial charge in [-0.05, 0) is 49.3 Å². The van der Waals surface area contributed by atoms with Crippen molar-refractivity contribution in [2.24, 2.45) is 15.5 Å². The first kappa shape index (κ1) is 20.7. The lowest BCUT2D eigenvalue weighted by atomic mass is 9.67. The number of hydrogen-bond donors (Lipinski definition) is 3. The molecule has 0 bridgehead atoms. The molecule has 4 N–H and O–H groups in total. The Balaban J connectivity index is 1.95. The van der Waals surface area contributed by atoms with E-state index < -0.39 is 10.0 Å². The summed E-state index contributed by atoms with van der Waals surface area (Å²) in [4.78, 5) is 4.71. The van der Waals surface area contributed by atoms with Gasteiger partial charge in [0.1, 0.15) is 0 Å². The van der Waals surface area contributed by atoms with Gasteiger partial charge in [0.25, 0.3) is 0 Å². The predicted octanol–water partition coefficient (Wildman–Crippen LogP) is 1.60. The number of aliphatic imine (C=N–C) groups is 1. The van der Waals surface area contributed by atoms with Gasteiger partial charge in [0.15, 0.2) is 5.96 Å². The quantitative estimate of drug-likeness (QED) is 0.444. The Kier molecular flexibility index (Phi) is 7.43. The number of sulfonamides is 1. The van der Waals surface area contributed by atoms with E-state index in [-0.39, 0.29) is 4.90 Å². The molecule has 2 rings (SSSR count). The van der Waals surface area contributed by atoms with Gasteiger partial charge in [-0.2, -0.15) is 0 Å². The lowest BCUT2D eigenvalue weighted by molar-refractivity contribution is 0.0732. The number of ether oxygens (including phenoxy) is 1. The van der Waals surface area contributed by atoms with Gasteiger partial charge in [0.2, 0.25) is 10.0 Å². The van der Waals surface area contributed by atoms with Gasteiger partial charge in [0.05, 0.1) is 11.4 Å². The van der Waals surface area contributed by atoms with Crippen LogP contribution in [0.15, 0.2) is 34.2 Å². The topological polar surface area (TPSA) is 106 Å². The van der Waals surface area contributed by atoms with E-state index in [1.54, 1.807) is 19.2 Å². The fourth-order valence-electron chi connectivity index (χ4n) is 3.08. The van der Waals surface area contributed by atoms with Gasteiger partial charge < -0.3 is 15.4 Å². The maximum absolute atomic E-state index is 11.3. The Bertz CT molecular complexity index is 698. The van der Waals surface area contributed by atoms with Crippen LogP contribution in [0.3, 0.4) is 0 Å². The number of hydrogen-bond acceptors (Lipinski definition) is 4. The van der Waals surface area contributed by atoms with Crippen molar-refractivity contribution in [3.05, 3.63) is 29.8 Å². The lowest BCUT2D eigenvalue weighted by Crippen LogP contribution is -2.46. The highest BCUT2D eigenvalue weighted by Crippen LogP contribution is 2.43. The lowest BCUT2D eigenvalue weighted by Gasteiger charge is -2.42. The molecule has 0 radical (unpaired) electrons. The van der Waals surface area contributed by atoms with Gasteiger partial charge in [-0.1, -0.05) is 18.6 Å². The molecule has 7 nitrogen and oxygen atoms in total. The van der Waals surface area contributed by atoms with E-state index in [9.17, 15) is 8.42 Å². The Labute approximate surface area is 156 Å². The molecule has 0 heterocycles. The van der Waals surface area contributed by atoms with Crippen molar-refractivity contribution in [1.82, 2.24) is 10.6 Å². The van der Waals surface area contributed by atoms with Crippen LogP contribution in [-0.2, 0) is 21.3 Å². The summed E-state index contributed by atoms with van der Waals surface area (Å²) in [6, 6.07) is 6.49. The third-order valence-corrected chi connectivity index (χ3v) is 5.83. The summed E-state index contributed by atoms with van der Waals surface area (Å²) < 4.78 is 27.9. The number of rotatable bonds is 9. The van der Waals surface area contributed by atoms with Crippen molar-refractivity contribution in [2.75, 3.05) is 26.8 Å². The van der Waals surface area contributed by atoms with Crippen LogP contribution in [-0.4, -0.2) is 41.2 Å². The summed E-state index contributed by atoms with van der Waals surface area (Å²) in [6.07, 6.45) is 4.77. The maximum atomic E-state index is 11.3. The van der Waals surface area contributed by atoms with Crippen molar-refractivity contribution in [2.45, 2.75) is 44.0 Å². The Morgan fingerprint density at radius 2 is 1.96 bits per heavy atom. The second-order valence-electron chi connectivity index (χ2n) is 6.83. The molecule has 0 aromatic heterocycles. The number of nitrogens with two attached hydrogens (primary N) is 1. The molecule has 1 aliphatic carbocycles. The van der Waals surface area contributed by atoms with Gasteiger partial charge in [-0.25, -0.2) is 18.5 Å². The van der Waals surface area contributed by atoms with Gasteiger partial charge in [-0.3, -0.25) is 0 Å². The second-order valence-corrected chi connectivity index (χ2v) is 8.40. The molecule has 0 aliphatic heterocycles. The van der Waals surface area contributed by atoms with Gasteiger partial charge in [0, 0.05) is 26.8 Å². The van der Waals surface area contributed by atoms with E-state index in [4.69, 9.17) is 9.88 Å². The van der Waals surface area contributed by atoms with E-state index in [2.05, 4.69) is 15.6 Å². The minimum Gasteiger partial charge on any atom is -0.385 e. The highest BCUT2D eigenvalue weighted by Gasteiger charge is 2.36. The van der Waals surface area contributed by atoms with Crippen LogP contribution in [0.2, 0.25) is 0 Å². The van der Waals surface area contributed by atoms with E-state index in [0.29, 0.717) is 12.0 Å². The van der Waals surface area contributed by atoms with Crippen molar-refractivity contribution in [3.63, 3.8) is 0 Å². The fourth-order valence-corrected chi connectivity index (χ4v) is 3.59. The second kappa shape index (κ2) is 9.34. The minimum atomic E-state index is -3.66. The Hall–Kier alpha value is -1.64.